The van der Waals surface area contributed by atoms with Gasteiger partial charge in [0, 0.05) is 73.5 Å². The number of nitrogens with one attached hydrogen (secondary N) is 2. The van der Waals surface area contributed by atoms with E-state index < -0.39 is 0 Å². The molecule has 1 aliphatic rings. The minimum atomic E-state index is -0.125. The molecule has 0 fully saturated rings. The van der Waals surface area contributed by atoms with E-state index in [1.165, 1.54) is 0 Å². The highest BCUT2D eigenvalue weighted by Gasteiger charge is 2.15. The Hall–Kier alpha value is -3.76. The molecule has 4 heterocycles. The minimum Gasteiger partial charge on any atom is -0.378 e. The molecule has 3 aromatic heterocycles. The van der Waals surface area contributed by atoms with Gasteiger partial charge in [0.2, 0.25) is 5.95 Å². The molecule has 0 aliphatic carbocycles. The van der Waals surface area contributed by atoms with E-state index in [-0.39, 0.29) is 5.91 Å². The lowest BCUT2D eigenvalue weighted by atomic mass is 10.1. The predicted octanol–water partition coefficient (Wildman–Crippen LogP) is 2.40. The third-order valence-electron chi connectivity index (χ3n) is 5.96. The first-order valence-corrected chi connectivity index (χ1v) is 11.3. The van der Waals surface area contributed by atoms with Crippen molar-refractivity contribution in [2.45, 2.75) is 13.5 Å². The fraction of sp³-hybridized carbons (Fsp3) is 0.333. The third-order valence-corrected chi connectivity index (χ3v) is 5.96. The number of aryl methyl sites for hydroxylation is 2. The predicted molar refractivity (Wildman–Crippen MR) is 130 cm³/mol. The van der Waals surface area contributed by atoms with Crippen LogP contribution in [0.25, 0.3) is 16.7 Å². The molecular formula is C24H28N8O2. The first-order valence-electron chi connectivity index (χ1n) is 11.3. The van der Waals surface area contributed by atoms with Gasteiger partial charge in [-0.15, -0.1) is 0 Å². The Kier molecular flexibility index (Phi) is 5.99. The van der Waals surface area contributed by atoms with Crippen LogP contribution < -0.4 is 10.6 Å². The number of carbonyl (C=O) groups excluding carboxylic acids is 1. The van der Waals surface area contributed by atoms with E-state index in [4.69, 9.17) is 4.74 Å². The molecule has 4 aromatic rings. The number of fused-ring (bicyclic) bond motifs is 6. The number of likely N-dealkylation sites (N-methyl/N-ethyl adjacent to an activating group) is 1. The standard InChI is InChI=1S/C24H28N8O2/c1-16-17-13-30(2)9-11-34-10-8-25-23(33)20-15-31(3)21-5-4-18(12-19(20)21)27-24-26-7-6-22(28-24)32(14-17)29-16/h4-7,12,14-15H,8-11,13H2,1-3H3,(H,25,33)(H,26,27,28). The van der Waals surface area contributed by atoms with Gasteiger partial charge < -0.3 is 19.9 Å². The van der Waals surface area contributed by atoms with E-state index in [0.717, 1.165) is 40.9 Å². The second kappa shape index (κ2) is 9.24. The van der Waals surface area contributed by atoms with Crippen molar-refractivity contribution in [1.82, 2.24) is 34.5 Å². The molecule has 10 nitrogen and oxygen atoms in total. The SMILES string of the molecule is Cc1nn2cc1CN(C)CCOCCNC(=O)c1cn(C)c3ccc(cc13)Nc1nccc-2n1. The van der Waals surface area contributed by atoms with Crippen molar-refractivity contribution in [3.8, 4) is 5.82 Å². The molecule has 0 saturated carbocycles. The molecule has 2 N–H and O–H groups in total. The molecular weight excluding hydrogens is 432 g/mol. The fourth-order valence-corrected chi connectivity index (χ4v) is 4.11. The van der Waals surface area contributed by atoms with Crippen molar-refractivity contribution in [3.63, 3.8) is 0 Å². The Bertz CT molecular complexity index is 1340. The van der Waals surface area contributed by atoms with Gasteiger partial charge in [-0.3, -0.25) is 9.69 Å². The number of hydrogen-bond acceptors (Lipinski definition) is 7. The molecule has 10 heteroatoms. The monoisotopic (exact) mass is 460 g/mol. The normalized spacial score (nSPS) is 15.8. The highest BCUT2D eigenvalue weighted by atomic mass is 16.5. The molecule has 6 bridgehead atoms. The van der Waals surface area contributed by atoms with Crippen molar-refractivity contribution < 1.29 is 9.53 Å². The maximum atomic E-state index is 12.9. The van der Waals surface area contributed by atoms with Crippen LogP contribution in [0.2, 0.25) is 0 Å². The summed E-state index contributed by atoms with van der Waals surface area (Å²) in [6.07, 6.45) is 5.56. The first kappa shape index (κ1) is 22.1. The number of benzene rings is 1. The van der Waals surface area contributed by atoms with Gasteiger partial charge in [-0.2, -0.15) is 10.1 Å². The summed E-state index contributed by atoms with van der Waals surface area (Å²) in [7, 11) is 3.98. The van der Waals surface area contributed by atoms with Gasteiger partial charge in [-0.05, 0) is 32.2 Å². The van der Waals surface area contributed by atoms with Gasteiger partial charge in [-0.25, -0.2) is 9.67 Å². The summed E-state index contributed by atoms with van der Waals surface area (Å²) in [6.45, 7) is 5.01. The zero-order valence-electron chi connectivity index (χ0n) is 19.6. The Morgan fingerprint density at radius 3 is 2.88 bits per heavy atom. The first-order chi connectivity index (χ1) is 16.5. The zero-order valence-corrected chi connectivity index (χ0v) is 19.6. The molecule has 5 rings (SSSR count). The van der Waals surface area contributed by atoms with Crippen LogP contribution in [0, 0.1) is 6.92 Å². The third kappa shape index (κ3) is 4.50. The van der Waals surface area contributed by atoms with Crippen LogP contribution in [0.3, 0.4) is 0 Å². The smallest absolute Gasteiger partial charge is 0.253 e. The van der Waals surface area contributed by atoms with Gasteiger partial charge in [0.15, 0.2) is 5.82 Å². The van der Waals surface area contributed by atoms with E-state index in [1.54, 1.807) is 10.9 Å². The average molecular weight is 461 g/mol. The largest absolute Gasteiger partial charge is 0.378 e. The molecule has 1 aromatic carbocycles. The Morgan fingerprint density at radius 2 is 2.00 bits per heavy atom. The highest BCUT2D eigenvalue weighted by Crippen LogP contribution is 2.26. The van der Waals surface area contributed by atoms with Crippen molar-refractivity contribution in [3.05, 3.63) is 59.7 Å². The quantitative estimate of drug-likeness (QED) is 0.415. The molecule has 0 spiro atoms. The van der Waals surface area contributed by atoms with Crippen molar-refractivity contribution in [2.24, 2.45) is 7.05 Å². The highest BCUT2D eigenvalue weighted by molar-refractivity contribution is 6.07. The number of amides is 1. The lowest BCUT2D eigenvalue weighted by Crippen LogP contribution is -2.28. The van der Waals surface area contributed by atoms with Crippen molar-refractivity contribution in [1.29, 1.82) is 0 Å². The summed E-state index contributed by atoms with van der Waals surface area (Å²) < 4.78 is 9.47. The van der Waals surface area contributed by atoms with Crippen LogP contribution in [0.4, 0.5) is 11.6 Å². The fourth-order valence-electron chi connectivity index (χ4n) is 4.11. The zero-order chi connectivity index (χ0) is 23.7. The van der Waals surface area contributed by atoms with E-state index in [1.807, 2.05) is 55.2 Å². The van der Waals surface area contributed by atoms with Gasteiger partial charge >= 0.3 is 0 Å². The van der Waals surface area contributed by atoms with Crippen LogP contribution in [0.1, 0.15) is 21.6 Å². The molecule has 176 valence electrons. The Labute approximate surface area is 197 Å². The average Bonchev–Trinajstić information content (AvgIpc) is 3.35. The van der Waals surface area contributed by atoms with Gasteiger partial charge in [0.05, 0.1) is 24.5 Å². The maximum absolute atomic E-state index is 12.9. The summed E-state index contributed by atoms with van der Waals surface area (Å²) in [5.41, 5.74) is 4.45. The maximum Gasteiger partial charge on any atom is 0.253 e. The number of nitrogens with zero attached hydrogens (tertiary/aromatic N) is 6. The molecule has 0 unspecified atom stereocenters. The summed E-state index contributed by atoms with van der Waals surface area (Å²) in [6, 6.07) is 7.70. The van der Waals surface area contributed by atoms with Crippen LogP contribution in [-0.2, 0) is 18.3 Å². The summed E-state index contributed by atoms with van der Waals surface area (Å²) in [5.74, 6) is 1.00. The Morgan fingerprint density at radius 1 is 1.12 bits per heavy atom. The molecule has 1 amide bonds. The number of anilines is 2. The summed E-state index contributed by atoms with van der Waals surface area (Å²) >= 11 is 0. The second-order valence-corrected chi connectivity index (χ2v) is 8.54. The van der Waals surface area contributed by atoms with Crippen molar-refractivity contribution in [2.75, 3.05) is 38.7 Å². The van der Waals surface area contributed by atoms with Crippen molar-refractivity contribution >= 4 is 28.4 Å². The number of carbonyl (C=O) groups is 1. The molecule has 0 saturated heterocycles. The molecule has 34 heavy (non-hydrogen) atoms. The molecule has 1 aliphatic heterocycles. The summed E-state index contributed by atoms with van der Waals surface area (Å²) in [5, 5.41) is 11.7. The van der Waals surface area contributed by atoms with Crippen LogP contribution >= 0.6 is 0 Å². The van der Waals surface area contributed by atoms with E-state index in [2.05, 4.69) is 37.6 Å². The topological polar surface area (TPSA) is 102 Å². The van der Waals surface area contributed by atoms with E-state index >= 15 is 0 Å². The van der Waals surface area contributed by atoms with Gasteiger partial charge in [0.1, 0.15) is 0 Å². The minimum absolute atomic E-state index is 0.125. The van der Waals surface area contributed by atoms with Gasteiger partial charge in [-0.1, -0.05) is 0 Å². The van der Waals surface area contributed by atoms with Gasteiger partial charge in [0.25, 0.3) is 5.91 Å². The number of ether oxygens (including phenoxy) is 1. The lowest BCUT2D eigenvalue weighted by Gasteiger charge is -2.16. The van der Waals surface area contributed by atoms with Crippen LogP contribution in [0.5, 0.6) is 0 Å². The Balaban J connectivity index is 1.52. The lowest BCUT2D eigenvalue weighted by molar-refractivity contribution is 0.0890. The van der Waals surface area contributed by atoms with Crippen LogP contribution in [0.15, 0.2) is 42.9 Å². The second-order valence-electron chi connectivity index (χ2n) is 8.54. The number of rotatable bonds is 0. The molecule has 0 radical (unpaired) electrons. The van der Waals surface area contributed by atoms with Crippen LogP contribution in [-0.4, -0.2) is 68.5 Å². The van der Waals surface area contributed by atoms with E-state index in [0.29, 0.717) is 37.1 Å². The number of hydrogen-bond donors (Lipinski definition) is 2. The molecule has 0 atom stereocenters. The van der Waals surface area contributed by atoms with E-state index in [9.17, 15) is 4.79 Å². The summed E-state index contributed by atoms with van der Waals surface area (Å²) in [4.78, 5) is 24.1. The number of aromatic nitrogens is 5.